The minimum absolute atomic E-state index is 0. The van der Waals surface area contributed by atoms with Crippen LogP contribution >= 0.6 is 0 Å². The molecule has 1 aliphatic carbocycles. The van der Waals surface area contributed by atoms with Crippen LogP contribution < -0.4 is 16.4 Å². The minimum Gasteiger partial charge on any atom is -0.395 e. The molecule has 0 radical (unpaired) electrons. The number of carbonyl (C=O) groups excluding carboxylic acids is 2. The largest absolute Gasteiger partial charge is 0.395 e. The summed E-state index contributed by atoms with van der Waals surface area (Å²) in [4.78, 5) is 34.2. The van der Waals surface area contributed by atoms with Crippen LogP contribution in [0.2, 0.25) is 0 Å². The van der Waals surface area contributed by atoms with Crippen molar-refractivity contribution in [1.29, 1.82) is 0 Å². The van der Waals surface area contributed by atoms with Crippen molar-refractivity contribution in [1.82, 2.24) is 9.88 Å². The molecular weight excluding hydrogens is 449 g/mol. The van der Waals surface area contributed by atoms with E-state index in [1.54, 1.807) is 17.0 Å². The minimum atomic E-state index is -2.86. The summed E-state index contributed by atoms with van der Waals surface area (Å²) in [7, 11) is 0. The Kier molecular flexibility index (Phi) is 6.82. The van der Waals surface area contributed by atoms with E-state index in [-0.39, 0.29) is 38.1 Å². The Labute approximate surface area is 197 Å². The first kappa shape index (κ1) is 23.7. The third-order valence-corrected chi connectivity index (χ3v) is 6.07. The van der Waals surface area contributed by atoms with Crippen LogP contribution in [-0.2, 0) is 11.3 Å². The number of nitrogens with zero attached hydrogens (tertiary/aromatic N) is 4. The van der Waals surface area contributed by atoms with Gasteiger partial charge in [-0.25, -0.2) is 23.1 Å². The standard InChI is InChI=1S/C23H25F3N6O2.2H2/c24-19-14(3-4-15(20(19)27)29-17(12-33)13-1-2-13)11-31-7-9-32(10-8-31)18-6-5-16(23(28)34)30-21(18)22(25)26;;/h3-6,12-13,22H,1-2,7-11,27H2,(H2,28,34);2*1H. The zero-order valence-electron chi connectivity index (χ0n) is 18.4. The Morgan fingerprint density at radius 3 is 2.50 bits per heavy atom. The third-order valence-electron chi connectivity index (χ3n) is 6.07. The molecule has 1 aliphatic heterocycles. The Morgan fingerprint density at radius 2 is 1.91 bits per heavy atom. The number of nitrogens with two attached hydrogens (primary N) is 2. The molecule has 1 aromatic carbocycles. The average Bonchev–Trinajstić information content (AvgIpc) is 3.67. The van der Waals surface area contributed by atoms with Crippen LogP contribution in [0.3, 0.4) is 0 Å². The van der Waals surface area contributed by atoms with Crippen LogP contribution in [0, 0.1) is 11.7 Å². The molecule has 34 heavy (non-hydrogen) atoms. The average molecular weight is 479 g/mol. The summed E-state index contributed by atoms with van der Waals surface area (Å²) < 4.78 is 42.0. The van der Waals surface area contributed by atoms with Gasteiger partial charge in [0.05, 0.1) is 22.8 Å². The van der Waals surface area contributed by atoms with Crippen LogP contribution in [0.4, 0.5) is 30.2 Å². The molecule has 2 fully saturated rings. The summed E-state index contributed by atoms with van der Waals surface area (Å²) in [5.74, 6) is -1.31. The molecule has 0 atom stereocenters. The number of alkyl halides is 2. The molecular formula is C23H29F3N6O2. The Hall–Kier alpha value is -3.47. The van der Waals surface area contributed by atoms with E-state index in [2.05, 4.69) is 9.98 Å². The molecule has 1 saturated heterocycles. The van der Waals surface area contributed by atoms with E-state index in [0.29, 0.717) is 43.7 Å². The third kappa shape index (κ3) is 5.04. The van der Waals surface area contributed by atoms with E-state index in [4.69, 9.17) is 11.5 Å². The number of aromatic nitrogens is 1. The smallest absolute Gasteiger partial charge is 0.282 e. The highest BCUT2D eigenvalue weighted by atomic mass is 19.3. The van der Waals surface area contributed by atoms with Crippen molar-refractivity contribution in [3.63, 3.8) is 0 Å². The number of aldehydes is 1. The molecule has 2 heterocycles. The molecule has 2 aromatic rings. The first-order chi connectivity index (χ1) is 16.3. The molecule has 4 rings (SSSR count). The van der Waals surface area contributed by atoms with Gasteiger partial charge in [0.1, 0.15) is 11.4 Å². The van der Waals surface area contributed by atoms with Crippen molar-refractivity contribution in [2.45, 2.75) is 25.8 Å². The van der Waals surface area contributed by atoms with Gasteiger partial charge in [0.25, 0.3) is 12.3 Å². The lowest BCUT2D eigenvalue weighted by molar-refractivity contribution is -0.102. The van der Waals surface area contributed by atoms with Gasteiger partial charge in [-0.1, -0.05) is 6.07 Å². The van der Waals surface area contributed by atoms with Gasteiger partial charge in [-0.2, -0.15) is 0 Å². The predicted octanol–water partition coefficient (Wildman–Crippen LogP) is 3.34. The molecule has 2 aliphatic rings. The zero-order valence-corrected chi connectivity index (χ0v) is 18.4. The lowest BCUT2D eigenvalue weighted by atomic mass is 10.1. The first-order valence-electron chi connectivity index (χ1n) is 10.9. The summed E-state index contributed by atoms with van der Waals surface area (Å²) >= 11 is 0. The second-order valence-electron chi connectivity index (χ2n) is 8.43. The molecule has 0 unspecified atom stereocenters. The van der Waals surface area contributed by atoms with Gasteiger partial charge >= 0.3 is 0 Å². The number of nitrogen functional groups attached to an aromatic ring is 1. The number of piperazine rings is 1. The van der Waals surface area contributed by atoms with Gasteiger partial charge in [0.15, 0.2) is 12.1 Å². The van der Waals surface area contributed by atoms with Crippen LogP contribution in [0.1, 0.15) is 43.9 Å². The summed E-state index contributed by atoms with van der Waals surface area (Å²) in [5, 5.41) is 0. The van der Waals surface area contributed by atoms with Gasteiger partial charge in [0.2, 0.25) is 0 Å². The number of benzene rings is 1. The molecule has 8 nitrogen and oxygen atoms in total. The quantitative estimate of drug-likeness (QED) is 0.341. The van der Waals surface area contributed by atoms with Crippen molar-refractivity contribution < 1.29 is 25.6 Å². The van der Waals surface area contributed by atoms with Gasteiger partial charge in [-0.05, 0) is 31.0 Å². The Morgan fingerprint density at radius 1 is 1.21 bits per heavy atom. The maximum absolute atomic E-state index is 14.9. The van der Waals surface area contributed by atoms with Crippen LogP contribution in [0.25, 0.3) is 0 Å². The van der Waals surface area contributed by atoms with Gasteiger partial charge < -0.3 is 16.4 Å². The van der Waals surface area contributed by atoms with E-state index in [0.717, 1.165) is 12.8 Å². The number of carbonyl (C=O) groups is 2. The maximum atomic E-state index is 14.9. The lowest BCUT2D eigenvalue weighted by Gasteiger charge is -2.36. The number of rotatable bonds is 8. The fourth-order valence-electron chi connectivity index (χ4n) is 4.00. The zero-order chi connectivity index (χ0) is 24.4. The Balaban J connectivity index is 0.00000228. The molecule has 11 heteroatoms. The number of hydrogen-bond donors (Lipinski definition) is 2. The molecule has 184 valence electrons. The number of primary amides is 1. The fourth-order valence-corrected chi connectivity index (χ4v) is 4.00. The molecule has 1 saturated carbocycles. The predicted molar refractivity (Wildman–Crippen MR) is 126 cm³/mol. The van der Waals surface area contributed by atoms with Crippen LogP contribution in [0.5, 0.6) is 0 Å². The molecule has 0 spiro atoms. The van der Waals surface area contributed by atoms with E-state index in [9.17, 15) is 22.8 Å². The van der Waals surface area contributed by atoms with Crippen molar-refractivity contribution >= 4 is 35.0 Å². The van der Waals surface area contributed by atoms with Crippen molar-refractivity contribution in [2.24, 2.45) is 16.6 Å². The van der Waals surface area contributed by atoms with Crippen molar-refractivity contribution in [3.8, 4) is 0 Å². The second-order valence-corrected chi connectivity index (χ2v) is 8.43. The van der Waals surface area contributed by atoms with E-state index in [1.807, 2.05) is 4.90 Å². The number of halogens is 3. The highest BCUT2D eigenvalue weighted by Gasteiger charge is 2.28. The lowest BCUT2D eigenvalue weighted by Crippen LogP contribution is -2.46. The number of aliphatic imine (C=N–C) groups is 1. The van der Waals surface area contributed by atoms with Crippen molar-refractivity contribution in [3.05, 3.63) is 47.0 Å². The Bertz CT molecular complexity index is 1140. The number of amides is 1. The van der Waals surface area contributed by atoms with Crippen molar-refractivity contribution in [2.75, 3.05) is 36.8 Å². The van der Waals surface area contributed by atoms with Gasteiger partial charge in [0, 0.05) is 47.1 Å². The fraction of sp³-hybridized carbons (Fsp3) is 0.391. The molecule has 0 bridgehead atoms. The number of pyridine rings is 1. The maximum Gasteiger partial charge on any atom is 0.282 e. The summed E-state index contributed by atoms with van der Waals surface area (Å²) in [5.41, 5.74) is 11.6. The molecule has 4 N–H and O–H groups in total. The van der Waals surface area contributed by atoms with Crippen LogP contribution in [-0.4, -0.2) is 54.0 Å². The van der Waals surface area contributed by atoms with Gasteiger partial charge in [-0.15, -0.1) is 0 Å². The van der Waals surface area contributed by atoms with Gasteiger partial charge in [-0.3, -0.25) is 14.5 Å². The molecule has 1 aromatic heterocycles. The normalized spacial score (nSPS) is 17.3. The number of anilines is 2. The topological polar surface area (TPSA) is 118 Å². The first-order valence-corrected chi connectivity index (χ1v) is 10.9. The van der Waals surface area contributed by atoms with E-state index >= 15 is 0 Å². The van der Waals surface area contributed by atoms with E-state index < -0.39 is 23.8 Å². The summed E-state index contributed by atoms with van der Waals surface area (Å²) in [6, 6.07) is 5.97. The summed E-state index contributed by atoms with van der Waals surface area (Å²) in [6.45, 7) is 2.12. The highest BCUT2D eigenvalue weighted by molar-refractivity contribution is 6.30. The number of hydrogen-bond acceptors (Lipinski definition) is 7. The highest BCUT2D eigenvalue weighted by Crippen LogP contribution is 2.34. The van der Waals surface area contributed by atoms with Crippen LogP contribution in [0.15, 0.2) is 29.3 Å². The monoisotopic (exact) mass is 478 g/mol. The van der Waals surface area contributed by atoms with E-state index in [1.165, 1.54) is 12.1 Å². The summed E-state index contributed by atoms with van der Waals surface area (Å²) in [6.07, 6.45) is -0.369. The second kappa shape index (κ2) is 9.80. The SMILES string of the molecule is NC(=O)c1ccc(N2CCN(Cc3ccc(N=C(C=O)C4CC4)c(N)c3F)CC2)c(C(F)F)n1.[HH].[HH]. The molecule has 1 amide bonds.